The Labute approximate surface area is 87.1 Å². The summed E-state index contributed by atoms with van der Waals surface area (Å²) in [4.78, 5) is 10.1. The van der Waals surface area contributed by atoms with Gasteiger partial charge in [0.1, 0.15) is 5.70 Å². The molecule has 0 heterocycles. The monoisotopic (exact) mass is 214 g/mol. The zero-order valence-electron chi connectivity index (χ0n) is 8.43. The summed E-state index contributed by atoms with van der Waals surface area (Å²) >= 11 is 0. The SMILES string of the molecule is CCC(O)(O)NC1=CCCC=C1[N+](=O)[O-]. The molecule has 6 heteroatoms. The highest BCUT2D eigenvalue weighted by Crippen LogP contribution is 2.19. The lowest BCUT2D eigenvalue weighted by Crippen LogP contribution is -2.44. The Kier molecular flexibility index (Phi) is 3.43. The lowest BCUT2D eigenvalue weighted by Gasteiger charge is -2.24. The van der Waals surface area contributed by atoms with Gasteiger partial charge in [-0.15, -0.1) is 0 Å². The quantitative estimate of drug-likeness (QED) is 0.359. The van der Waals surface area contributed by atoms with Gasteiger partial charge >= 0.3 is 0 Å². The van der Waals surface area contributed by atoms with Crippen molar-refractivity contribution in [3.63, 3.8) is 0 Å². The molecule has 0 unspecified atom stereocenters. The van der Waals surface area contributed by atoms with Crippen molar-refractivity contribution in [3.05, 3.63) is 33.7 Å². The van der Waals surface area contributed by atoms with Gasteiger partial charge in [0.15, 0.2) is 0 Å². The van der Waals surface area contributed by atoms with Crippen molar-refractivity contribution in [1.82, 2.24) is 5.32 Å². The van der Waals surface area contributed by atoms with Gasteiger partial charge in [-0.1, -0.05) is 13.0 Å². The zero-order valence-corrected chi connectivity index (χ0v) is 8.43. The molecule has 1 aliphatic rings. The van der Waals surface area contributed by atoms with E-state index in [-0.39, 0.29) is 17.8 Å². The van der Waals surface area contributed by atoms with Crippen LogP contribution in [-0.4, -0.2) is 21.0 Å². The van der Waals surface area contributed by atoms with Crippen LogP contribution < -0.4 is 5.32 Å². The largest absolute Gasteiger partial charge is 0.349 e. The van der Waals surface area contributed by atoms with Crippen LogP contribution in [0.4, 0.5) is 0 Å². The molecule has 0 aromatic rings. The van der Waals surface area contributed by atoms with Crippen molar-refractivity contribution in [3.8, 4) is 0 Å². The van der Waals surface area contributed by atoms with Gasteiger partial charge in [0, 0.05) is 6.42 Å². The van der Waals surface area contributed by atoms with Gasteiger partial charge < -0.3 is 15.5 Å². The van der Waals surface area contributed by atoms with Crippen molar-refractivity contribution >= 4 is 0 Å². The topological polar surface area (TPSA) is 95.6 Å². The first-order valence-corrected chi connectivity index (χ1v) is 4.74. The summed E-state index contributed by atoms with van der Waals surface area (Å²) in [7, 11) is 0. The van der Waals surface area contributed by atoms with Crippen molar-refractivity contribution in [2.24, 2.45) is 0 Å². The van der Waals surface area contributed by atoms with E-state index >= 15 is 0 Å². The molecule has 0 atom stereocenters. The summed E-state index contributed by atoms with van der Waals surface area (Å²) in [6.45, 7) is 1.56. The Morgan fingerprint density at radius 3 is 2.67 bits per heavy atom. The summed E-state index contributed by atoms with van der Waals surface area (Å²) in [5.74, 6) is -2.10. The molecule has 0 fully saturated rings. The lowest BCUT2D eigenvalue weighted by atomic mass is 10.1. The van der Waals surface area contributed by atoms with Crippen molar-refractivity contribution in [2.75, 3.05) is 0 Å². The number of nitrogens with one attached hydrogen (secondary N) is 1. The number of aliphatic hydroxyl groups is 2. The molecule has 0 saturated heterocycles. The standard InChI is InChI=1S/C9H14N2O4/c1-2-9(12,13)10-7-5-3-4-6-8(7)11(14)15/h5-6,10,12-13H,2-4H2,1H3. The molecule has 0 saturated carbocycles. The Morgan fingerprint density at radius 1 is 1.53 bits per heavy atom. The maximum atomic E-state index is 10.6. The van der Waals surface area contributed by atoms with Gasteiger partial charge in [0.2, 0.25) is 5.91 Å². The normalized spacial score (nSPS) is 16.7. The molecule has 1 rings (SSSR count). The fourth-order valence-corrected chi connectivity index (χ4v) is 1.25. The highest BCUT2D eigenvalue weighted by molar-refractivity contribution is 5.27. The first-order valence-electron chi connectivity index (χ1n) is 4.74. The molecule has 84 valence electrons. The Hall–Kier alpha value is -1.40. The van der Waals surface area contributed by atoms with Crippen molar-refractivity contribution in [1.29, 1.82) is 0 Å². The van der Waals surface area contributed by atoms with Crippen LogP contribution in [0.25, 0.3) is 0 Å². The molecular weight excluding hydrogens is 200 g/mol. The minimum absolute atomic E-state index is 0.0370. The van der Waals surface area contributed by atoms with Gasteiger partial charge in [-0.3, -0.25) is 10.1 Å². The average molecular weight is 214 g/mol. The van der Waals surface area contributed by atoms with E-state index in [1.165, 1.54) is 6.08 Å². The predicted octanol–water partition coefficient (Wildman–Crippen LogP) is 0.463. The molecule has 0 aromatic heterocycles. The van der Waals surface area contributed by atoms with Gasteiger partial charge in [-0.25, -0.2) is 0 Å². The number of hydrogen-bond donors (Lipinski definition) is 3. The maximum absolute atomic E-state index is 10.6. The maximum Gasteiger partial charge on any atom is 0.288 e. The number of hydrogen-bond acceptors (Lipinski definition) is 5. The van der Waals surface area contributed by atoms with Crippen LogP contribution >= 0.6 is 0 Å². The van der Waals surface area contributed by atoms with Crippen LogP contribution in [0, 0.1) is 10.1 Å². The van der Waals surface area contributed by atoms with Crippen LogP contribution in [0.15, 0.2) is 23.5 Å². The van der Waals surface area contributed by atoms with Crippen LogP contribution in [-0.2, 0) is 0 Å². The lowest BCUT2D eigenvalue weighted by molar-refractivity contribution is -0.422. The second-order valence-electron chi connectivity index (χ2n) is 3.34. The van der Waals surface area contributed by atoms with Crippen LogP contribution in [0.1, 0.15) is 26.2 Å². The van der Waals surface area contributed by atoms with Crippen molar-refractivity contribution in [2.45, 2.75) is 32.1 Å². The van der Waals surface area contributed by atoms with Gasteiger partial charge in [0.25, 0.3) is 5.70 Å². The fourth-order valence-electron chi connectivity index (χ4n) is 1.25. The van der Waals surface area contributed by atoms with Gasteiger partial charge in [-0.2, -0.15) is 0 Å². The number of rotatable bonds is 4. The van der Waals surface area contributed by atoms with Gasteiger partial charge in [-0.05, 0) is 18.9 Å². The molecule has 0 bridgehead atoms. The summed E-state index contributed by atoms with van der Waals surface area (Å²) in [6, 6.07) is 0. The Balaban J connectivity index is 2.80. The number of nitro groups is 1. The van der Waals surface area contributed by atoms with E-state index in [9.17, 15) is 20.3 Å². The molecule has 15 heavy (non-hydrogen) atoms. The van der Waals surface area contributed by atoms with Crippen molar-refractivity contribution < 1.29 is 15.1 Å². The molecule has 0 aromatic carbocycles. The smallest absolute Gasteiger partial charge is 0.288 e. The minimum atomic E-state index is -2.10. The molecule has 6 nitrogen and oxygen atoms in total. The third-order valence-corrected chi connectivity index (χ3v) is 2.15. The van der Waals surface area contributed by atoms with Gasteiger partial charge in [0.05, 0.1) is 4.92 Å². The summed E-state index contributed by atoms with van der Waals surface area (Å²) < 4.78 is 0. The van der Waals surface area contributed by atoms with E-state index in [1.807, 2.05) is 0 Å². The van der Waals surface area contributed by atoms with E-state index in [2.05, 4.69) is 5.32 Å². The Bertz CT molecular complexity index is 320. The van der Waals surface area contributed by atoms with E-state index in [0.29, 0.717) is 12.8 Å². The van der Waals surface area contributed by atoms with Crippen LogP contribution in [0.5, 0.6) is 0 Å². The molecule has 3 N–H and O–H groups in total. The van der Waals surface area contributed by atoms with E-state index in [0.717, 1.165) is 0 Å². The Morgan fingerprint density at radius 2 is 2.13 bits per heavy atom. The summed E-state index contributed by atoms with van der Waals surface area (Å²) in [5.41, 5.74) is 0.0558. The zero-order chi connectivity index (χ0) is 11.5. The number of nitrogens with zero attached hydrogens (tertiary/aromatic N) is 1. The highest BCUT2D eigenvalue weighted by atomic mass is 16.6. The second-order valence-corrected chi connectivity index (χ2v) is 3.34. The fraction of sp³-hybridized carbons (Fsp3) is 0.556. The molecule has 1 aliphatic carbocycles. The minimum Gasteiger partial charge on any atom is -0.349 e. The van der Waals surface area contributed by atoms with Crippen LogP contribution in [0.2, 0.25) is 0 Å². The summed E-state index contributed by atoms with van der Waals surface area (Å²) in [6.07, 6.45) is 4.34. The van der Waals surface area contributed by atoms with E-state index < -0.39 is 10.8 Å². The van der Waals surface area contributed by atoms with E-state index in [4.69, 9.17) is 0 Å². The summed E-state index contributed by atoms with van der Waals surface area (Å²) in [5, 5.41) is 31.6. The molecular formula is C9H14N2O4. The molecule has 0 aliphatic heterocycles. The third-order valence-electron chi connectivity index (χ3n) is 2.15. The molecule has 0 spiro atoms. The first-order chi connectivity index (χ1) is 6.96. The first kappa shape index (κ1) is 11.7. The third kappa shape index (κ3) is 3.03. The number of allylic oxidation sites excluding steroid dienone is 2. The van der Waals surface area contributed by atoms with E-state index in [1.54, 1.807) is 13.0 Å². The molecule has 0 radical (unpaired) electrons. The predicted molar refractivity (Wildman–Crippen MR) is 53.0 cm³/mol. The highest BCUT2D eigenvalue weighted by Gasteiger charge is 2.27. The second kappa shape index (κ2) is 4.41. The molecule has 0 amide bonds. The average Bonchev–Trinajstić information content (AvgIpc) is 2.18. The van der Waals surface area contributed by atoms with Crippen LogP contribution in [0.3, 0.4) is 0 Å².